The van der Waals surface area contributed by atoms with Gasteiger partial charge in [0.25, 0.3) is 0 Å². The molecule has 0 bridgehead atoms. The standard InChI is InChI=1S/C7H6Cl2IN3/c8-4-1-2-6(5(10)3-4)12-7(11)13-9/h1-3H,(H3,11,12,13). The van der Waals surface area contributed by atoms with E-state index in [1.54, 1.807) is 12.1 Å². The van der Waals surface area contributed by atoms with Crippen molar-refractivity contribution in [2.75, 3.05) is 5.32 Å². The van der Waals surface area contributed by atoms with Gasteiger partial charge in [0.05, 0.1) is 5.69 Å². The minimum atomic E-state index is 0.155. The lowest BCUT2D eigenvalue weighted by molar-refractivity contribution is 1.52. The van der Waals surface area contributed by atoms with Crippen molar-refractivity contribution in [3.05, 3.63) is 26.8 Å². The Bertz CT molecular complexity index is 341. The molecule has 0 saturated heterocycles. The van der Waals surface area contributed by atoms with Crippen LogP contribution in [-0.4, -0.2) is 5.96 Å². The van der Waals surface area contributed by atoms with E-state index in [2.05, 4.69) is 32.4 Å². The van der Waals surface area contributed by atoms with Crippen LogP contribution >= 0.6 is 46.0 Å². The lowest BCUT2D eigenvalue weighted by atomic mass is 10.3. The van der Waals surface area contributed by atoms with Gasteiger partial charge in [0, 0.05) is 20.4 Å². The third-order valence-electron chi connectivity index (χ3n) is 1.28. The number of halogens is 3. The molecule has 3 N–H and O–H groups in total. The van der Waals surface area contributed by atoms with E-state index in [9.17, 15) is 0 Å². The number of nitrogens with zero attached hydrogens (tertiary/aromatic N) is 1. The van der Waals surface area contributed by atoms with Gasteiger partial charge in [-0.15, -0.1) is 4.51 Å². The first-order valence-corrected chi connectivity index (χ1v) is 5.09. The monoisotopic (exact) mass is 329 g/mol. The average molecular weight is 330 g/mol. The summed E-state index contributed by atoms with van der Waals surface area (Å²) in [6, 6.07) is 5.37. The molecule has 0 fully saturated rings. The second kappa shape index (κ2) is 4.88. The summed E-state index contributed by atoms with van der Waals surface area (Å²) >= 11 is 13.1. The number of rotatable bonds is 1. The summed E-state index contributed by atoms with van der Waals surface area (Å²) in [4.78, 5) is 0. The number of hydrogen-bond acceptors (Lipinski definition) is 1. The lowest BCUT2D eigenvalue weighted by Gasteiger charge is -2.06. The van der Waals surface area contributed by atoms with Crippen molar-refractivity contribution in [2.45, 2.75) is 0 Å². The van der Waals surface area contributed by atoms with Crippen molar-refractivity contribution >= 4 is 57.6 Å². The number of guanidine groups is 1. The topological polar surface area (TPSA) is 50.4 Å². The zero-order valence-corrected chi connectivity index (χ0v) is 10.1. The van der Waals surface area contributed by atoms with Gasteiger partial charge in [0.15, 0.2) is 0 Å². The van der Waals surface area contributed by atoms with Crippen LogP contribution < -0.4 is 11.1 Å². The minimum absolute atomic E-state index is 0.155. The summed E-state index contributed by atoms with van der Waals surface area (Å²) < 4.78 is 4.22. The molecule has 0 heterocycles. The number of hydrogen-bond donors (Lipinski definition) is 2. The van der Waals surface area contributed by atoms with Gasteiger partial charge < -0.3 is 11.1 Å². The van der Waals surface area contributed by atoms with Crippen molar-refractivity contribution in [3.63, 3.8) is 0 Å². The van der Waals surface area contributed by atoms with Gasteiger partial charge in [-0.1, -0.05) is 11.6 Å². The molecule has 0 radical (unpaired) electrons. The Labute approximate surface area is 99.6 Å². The lowest BCUT2D eigenvalue weighted by Crippen LogP contribution is -2.21. The molecular weight excluding hydrogens is 324 g/mol. The zero-order valence-electron chi connectivity index (χ0n) is 6.39. The minimum Gasteiger partial charge on any atom is -0.369 e. The van der Waals surface area contributed by atoms with E-state index in [0.717, 1.165) is 9.26 Å². The van der Waals surface area contributed by atoms with Crippen molar-refractivity contribution < 1.29 is 0 Å². The predicted molar refractivity (Wildman–Crippen MR) is 65.3 cm³/mol. The number of nitrogens with two attached hydrogens (primary N) is 1. The molecule has 6 heteroatoms. The first-order chi connectivity index (χ1) is 6.13. The molecule has 1 aromatic carbocycles. The maximum Gasteiger partial charge on any atom is 0.210 e. The van der Waals surface area contributed by atoms with Crippen LogP contribution in [0.1, 0.15) is 0 Å². The quantitative estimate of drug-likeness (QED) is 0.473. The van der Waals surface area contributed by atoms with Gasteiger partial charge in [-0.2, -0.15) is 0 Å². The van der Waals surface area contributed by atoms with Gasteiger partial charge in [-0.25, -0.2) is 0 Å². The Kier molecular flexibility index (Phi) is 4.08. The third kappa shape index (κ3) is 3.21. The maximum atomic E-state index is 5.77. The Morgan fingerprint density at radius 2 is 2.23 bits per heavy atom. The van der Waals surface area contributed by atoms with E-state index in [0.29, 0.717) is 5.02 Å². The van der Waals surface area contributed by atoms with E-state index in [4.69, 9.17) is 29.1 Å². The first-order valence-electron chi connectivity index (χ1n) is 3.30. The molecule has 0 amide bonds. The highest BCUT2D eigenvalue weighted by atomic mass is 127. The molecule has 0 aromatic heterocycles. The molecule has 1 aromatic rings. The Balaban J connectivity index is 2.90. The summed E-state index contributed by atoms with van der Waals surface area (Å²) in [5, 5.41) is 3.49. The van der Waals surface area contributed by atoms with Crippen LogP contribution in [0.3, 0.4) is 0 Å². The number of nitrogens with one attached hydrogen (secondary N) is 1. The van der Waals surface area contributed by atoms with E-state index in [-0.39, 0.29) is 5.96 Å². The fourth-order valence-corrected chi connectivity index (χ4v) is 1.80. The normalized spacial score (nSPS) is 11.5. The highest BCUT2D eigenvalue weighted by Gasteiger charge is 2.00. The second-order valence-electron chi connectivity index (χ2n) is 2.22. The zero-order chi connectivity index (χ0) is 9.84. The summed E-state index contributed by atoms with van der Waals surface area (Å²) in [6.07, 6.45) is 0. The van der Waals surface area contributed by atoms with Crippen molar-refractivity contribution in [1.82, 2.24) is 0 Å². The van der Waals surface area contributed by atoms with Gasteiger partial charge in [-0.3, -0.25) is 0 Å². The van der Waals surface area contributed by atoms with Crippen molar-refractivity contribution in [3.8, 4) is 0 Å². The fourth-order valence-electron chi connectivity index (χ4n) is 0.750. The average Bonchev–Trinajstić information content (AvgIpc) is 2.09. The molecule has 0 unspecified atom stereocenters. The highest BCUT2D eigenvalue weighted by molar-refractivity contribution is 14.1. The SMILES string of the molecule is NC(=NCl)Nc1ccc(Cl)cc1I. The summed E-state index contributed by atoms with van der Waals surface area (Å²) in [5.74, 6) is 0.155. The molecule has 1 rings (SSSR count). The van der Waals surface area contributed by atoms with Crippen molar-refractivity contribution in [2.24, 2.45) is 10.2 Å². The molecule has 0 aliphatic heterocycles. The van der Waals surface area contributed by atoms with Crippen LogP contribution in [0.25, 0.3) is 0 Å². The first kappa shape index (κ1) is 10.9. The van der Waals surface area contributed by atoms with Gasteiger partial charge >= 0.3 is 0 Å². The molecule has 13 heavy (non-hydrogen) atoms. The Morgan fingerprint density at radius 3 is 2.77 bits per heavy atom. The summed E-state index contributed by atoms with van der Waals surface area (Å²) in [5.41, 5.74) is 6.21. The predicted octanol–water partition coefficient (Wildman–Crippen LogP) is 2.83. The maximum absolute atomic E-state index is 5.77. The summed E-state index contributed by atoms with van der Waals surface area (Å²) in [6.45, 7) is 0. The van der Waals surface area contributed by atoms with Crippen LogP contribution in [0.15, 0.2) is 22.7 Å². The Hall–Kier alpha value is -0.200. The highest BCUT2D eigenvalue weighted by Crippen LogP contribution is 2.21. The van der Waals surface area contributed by atoms with Crippen LogP contribution in [0.2, 0.25) is 5.02 Å². The molecule has 70 valence electrons. The molecule has 0 aliphatic carbocycles. The fraction of sp³-hybridized carbons (Fsp3) is 0. The third-order valence-corrected chi connectivity index (χ3v) is 2.59. The molecule has 0 spiro atoms. The molecular formula is C7H6Cl2IN3. The number of benzene rings is 1. The van der Waals surface area contributed by atoms with E-state index in [1.165, 1.54) is 0 Å². The van der Waals surface area contributed by atoms with Crippen LogP contribution in [0.5, 0.6) is 0 Å². The largest absolute Gasteiger partial charge is 0.369 e. The van der Waals surface area contributed by atoms with Crippen LogP contribution in [-0.2, 0) is 0 Å². The van der Waals surface area contributed by atoms with Crippen LogP contribution in [0, 0.1) is 3.57 Å². The van der Waals surface area contributed by atoms with Gasteiger partial charge in [0.1, 0.15) is 0 Å². The smallest absolute Gasteiger partial charge is 0.210 e. The second-order valence-corrected chi connectivity index (χ2v) is 3.99. The van der Waals surface area contributed by atoms with E-state index < -0.39 is 0 Å². The van der Waals surface area contributed by atoms with Crippen LogP contribution in [0.4, 0.5) is 5.69 Å². The van der Waals surface area contributed by atoms with E-state index >= 15 is 0 Å². The molecule has 0 atom stereocenters. The van der Waals surface area contributed by atoms with Gasteiger partial charge in [-0.05, 0) is 40.8 Å². The van der Waals surface area contributed by atoms with E-state index in [1.807, 2.05) is 6.07 Å². The van der Waals surface area contributed by atoms with Crippen molar-refractivity contribution in [1.29, 1.82) is 0 Å². The molecule has 0 aliphatic rings. The summed E-state index contributed by atoms with van der Waals surface area (Å²) in [7, 11) is 0. The number of anilines is 1. The van der Waals surface area contributed by atoms with Gasteiger partial charge in [0.2, 0.25) is 5.96 Å². The Morgan fingerprint density at radius 1 is 1.54 bits per heavy atom. The molecule has 3 nitrogen and oxygen atoms in total. The molecule has 0 saturated carbocycles.